The third-order valence-electron chi connectivity index (χ3n) is 2.99. The van der Waals surface area contributed by atoms with Crippen LogP contribution in [0.2, 0.25) is 0 Å². The van der Waals surface area contributed by atoms with Crippen molar-refractivity contribution in [1.82, 2.24) is 0 Å². The van der Waals surface area contributed by atoms with Crippen LogP contribution in [0.25, 0.3) is 0 Å². The van der Waals surface area contributed by atoms with Gasteiger partial charge in [-0.05, 0) is 6.42 Å². The molecule has 0 rings (SSSR count). The third kappa shape index (κ3) is 16.0. The van der Waals surface area contributed by atoms with Gasteiger partial charge >= 0.3 is 5.97 Å². The van der Waals surface area contributed by atoms with Crippen LogP contribution in [0.15, 0.2) is 12.7 Å². The van der Waals surface area contributed by atoms with Crippen LogP contribution in [0.5, 0.6) is 0 Å². The van der Waals surface area contributed by atoms with E-state index in [-0.39, 0.29) is 5.97 Å². The van der Waals surface area contributed by atoms with E-state index >= 15 is 0 Å². The number of hydrogen-bond acceptors (Lipinski definition) is 4. The van der Waals surface area contributed by atoms with Gasteiger partial charge in [-0.3, -0.25) is 0 Å². The Hall–Kier alpha value is -0.0900. The highest BCUT2D eigenvalue weighted by Gasteiger charge is 1.96. The largest absolute Gasteiger partial charge is 0.462 e. The zero-order chi connectivity index (χ0) is 14.9. The average molecular weight is 319 g/mol. The van der Waals surface area contributed by atoms with Crippen molar-refractivity contribution >= 4 is 27.6 Å². The second-order valence-electron chi connectivity index (χ2n) is 4.84. The Labute approximate surface area is 132 Å². The highest BCUT2D eigenvalue weighted by atomic mass is 33.1. The Morgan fingerprint density at radius 3 is 2.10 bits per heavy atom. The molecule has 0 unspecified atom stereocenters. The SMILES string of the molecule is C=CC(=O)OCCSSCCCCCCCCCCC. The van der Waals surface area contributed by atoms with Gasteiger partial charge in [-0.2, -0.15) is 0 Å². The van der Waals surface area contributed by atoms with E-state index in [1.807, 2.05) is 10.8 Å². The molecule has 0 saturated heterocycles. The van der Waals surface area contributed by atoms with Crippen LogP contribution in [-0.2, 0) is 9.53 Å². The van der Waals surface area contributed by atoms with Crippen molar-refractivity contribution < 1.29 is 9.53 Å². The minimum atomic E-state index is -0.325. The molecular formula is C16H30O2S2. The van der Waals surface area contributed by atoms with Crippen molar-refractivity contribution in [3.8, 4) is 0 Å². The van der Waals surface area contributed by atoms with E-state index in [1.54, 1.807) is 10.8 Å². The lowest BCUT2D eigenvalue weighted by atomic mass is 10.1. The Morgan fingerprint density at radius 1 is 0.950 bits per heavy atom. The van der Waals surface area contributed by atoms with Crippen molar-refractivity contribution in [3.63, 3.8) is 0 Å². The lowest BCUT2D eigenvalue weighted by Gasteiger charge is -2.03. The predicted molar refractivity (Wildman–Crippen MR) is 93.3 cm³/mol. The summed E-state index contributed by atoms with van der Waals surface area (Å²) in [6.45, 7) is 6.11. The molecule has 0 aliphatic carbocycles. The molecule has 118 valence electrons. The van der Waals surface area contributed by atoms with Gasteiger partial charge in [0.1, 0.15) is 6.61 Å². The molecule has 20 heavy (non-hydrogen) atoms. The Bertz CT molecular complexity index is 233. The summed E-state index contributed by atoms with van der Waals surface area (Å²) in [5, 5.41) is 0. The Morgan fingerprint density at radius 2 is 1.50 bits per heavy atom. The van der Waals surface area contributed by atoms with Crippen LogP contribution in [0.3, 0.4) is 0 Å². The molecule has 0 bridgehead atoms. The number of carbonyl (C=O) groups excluding carboxylic acids is 1. The van der Waals surface area contributed by atoms with Crippen LogP contribution in [0.1, 0.15) is 64.7 Å². The summed E-state index contributed by atoms with van der Waals surface area (Å²) in [7, 11) is 3.68. The monoisotopic (exact) mass is 318 g/mol. The van der Waals surface area contributed by atoms with Crippen LogP contribution >= 0.6 is 21.6 Å². The van der Waals surface area contributed by atoms with Crippen molar-refractivity contribution in [2.75, 3.05) is 18.1 Å². The summed E-state index contributed by atoms with van der Waals surface area (Å²) in [6, 6.07) is 0. The molecule has 0 aromatic heterocycles. The maximum Gasteiger partial charge on any atom is 0.330 e. The van der Waals surface area contributed by atoms with Crippen molar-refractivity contribution in [2.45, 2.75) is 64.7 Å². The highest BCUT2D eigenvalue weighted by molar-refractivity contribution is 8.76. The van der Waals surface area contributed by atoms with Gasteiger partial charge in [0.25, 0.3) is 0 Å². The number of unbranched alkanes of at least 4 members (excludes halogenated alkanes) is 8. The molecule has 0 heterocycles. The highest BCUT2D eigenvalue weighted by Crippen LogP contribution is 2.22. The van der Waals surface area contributed by atoms with Crippen molar-refractivity contribution in [2.24, 2.45) is 0 Å². The van der Waals surface area contributed by atoms with Crippen molar-refractivity contribution in [3.05, 3.63) is 12.7 Å². The molecule has 4 heteroatoms. The van der Waals surface area contributed by atoms with E-state index in [0.717, 1.165) is 5.75 Å². The number of ether oxygens (including phenoxy) is 1. The molecule has 0 aliphatic heterocycles. The molecule has 0 aliphatic rings. The minimum absolute atomic E-state index is 0.325. The fourth-order valence-corrected chi connectivity index (χ4v) is 3.80. The van der Waals surface area contributed by atoms with Gasteiger partial charge in [0, 0.05) is 17.6 Å². The van der Waals surface area contributed by atoms with E-state index in [2.05, 4.69) is 13.5 Å². The van der Waals surface area contributed by atoms with Crippen LogP contribution in [0, 0.1) is 0 Å². The van der Waals surface area contributed by atoms with Crippen LogP contribution in [0.4, 0.5) is 0 Å². The normalized spacial score (nSPS) is 10.4. The second-order valence-corrected chi connectivity index (χ2v) is 7.55. The molecule has 0 N–H and O–H groups in total. The molecule has 0 aromatic rings. The Balaban J connectivity index is 2.99. The standard InChI is InChI=1S/C16H30O2S2/c1-3-5-6-7-8-9-10-11-12-14-19-20-15-13-18-16(17)4-2/h4H,2-3,5-15H2,1H3. The van der Waals surface area contributed by atoms with Crippen LogP contribution < -0.4 is 0 Å². The third-order valence-corrected chi connectivity index (χ3v) is 5.45. The number of rotatable bonds is 15. The van der Waals surface area contributed by atoms with Gasteiger partial charge in [0.2, 0.25) is 0 Å². The zero-order valence-corrected chi connectivity index (χ0v) is 14.5. The Kier molecular flexibility index (Phi) is 16.9. The number of esters is 1. The summed E-state index contributed by atoms with van der Waals surface area (Å²) in [5.41, 5.74) is 0. The molecule has 2 nitrogen and oxygen atoms in total. The van der Waals surface area contributed by atoms with E-state index < -0.39 is 0 Å². The van der Waals surface area contributed by atoms with E-state index in [0.29, 0.717) is 6.61 Å². The van der Waals surface area contributed by atoms with E-state index in [9.17, 15) is 4.79 Å². The molecule has 0 aromatic carbocycles. The topological polar surface area (TPSA) is 26.3 Å². The number of carbonyl (C=O) groups is 1. The van der Waals surface area contributed by atoms with Gasteiger partial charge in [0.15, 0.2) is 0 Å². The summed E-state index contributed by atoms with van der Waals surface area (Å²) >= 11 is 0. The van der Waals surface area contributed by atoms with E-state index in [1.165, 1.54) is 69.6 Å². The maximum atomic E-state index is 10.8. The molecule has 0 atom stereocenters. The minimum Gasteiger partial charge on any atom is -0.462 e. The number of hydrogen-bond donors (Lipinski definition) is 0. The molecule has 0 spiro atoms. The first-order valence-corrected chi connectivity index (χ1v) is 10.3. The van der Waals surface area contributed by atoms with Crippen molar-refractivity contribution in [1.29, 1.82) is 0 Å². The molecule has 0 radical (unpaired) electrons. The molecule has 0 fully saturated rings. The smallest absolute Gasteiger partial charge is 0.330 e. The fourth-order valence-electron chi connectivity index (χ4n) is 1.82. The van der Waals surface area contributed by atoms with Crippen LogP contribution in [-0.4, -0.2) is 24.1 Å². The lowest BCUT2D eigenvalue weighted by molar-refractivity contribution is -0.137. The lowest BCUT2D eigenvalue weighted by Crippen LogP contribution is -2.02. The maximum absolute atomic E-state index is 10.8. The zero-order valence-electron chi connectivity index (χ0n) is 12.9. The average Bonchev–Trinajstić information content (AvgIpc) is 2.47. The first-order valence-electron chi connectivity index (χ1n) is 7.84. The van der Waals surface area contributed by atoms with E-state index in [4.69, 9.17) is 4.74 Å². The first-order chi connectivity index (χ1) is 9.81. The van der Waals surface area contributed by atoms with Gasteiger partial charge in [0.05, 0.1) is 0 Å². The summed E-state index contributed by atoms with van der Waals surface area (Å²) in [6.07, 6.45) is 13.6. The first kappa shape index (κ1) is 19.9. The summed E-state index contributed by atoms with van der Waals surface area (Å²) in [5.74, 6) is 1.74. The summed E-state index contributed by atoms with van der Waals surface area (Å²) < 4.78 is 4.90. The second kappa shape index (κ2) is 17.0. The fraction of sp³-hybridized carbons (Fsp3) is 0.812. The summed E-state index contributed by atoms with van der Waals surface area (Å²) in [4.78, 5) is 10.8. The van der Waals surface area contributed by atoms with Gasteiger partial charge in [-0.1, -0.05) is 86.5 Å². The quantitative estimate of drug-likeness (QED) is 0.169. The van der Waals surface area contributed by atoms with Gasteiger partial charge in [-0.15, -0.1) is 0 Å². The van der Waals surface area contributed by atoms with Gasteiger partial charge < -0.3 is 4.74 Å². The molecular weight excluding hydrogens is 288 g/mol. The molecule has 0 amide bonds. The predicted octanol–water partition coefficient (Wildman–Crippen LogP) is 5.63. The van der Waals surface area contributed by atoms with Gasteiger partial charge in [-0.25, -0.2) is 4.79 Å². The molecule has 0 saturated carbocycles.